The van der Waals surface area contributed by atoms with Crippen LogP contribution in [-0.4, -0.2) is 17.9 Å². The fourth-order valence-corrected chi connectivity index (χ4v) is 1.72. The minimum atomic E-state index is -0.653. The van der Waals surface area contributed by atoms with Gasteiger partial charge in [0.1, 0.15) is 16.8 Å². The minimum Gasteiger partial charge on any atom is -0.311 e. The van der Waals surface area contributed by atoms with Gasteiger partial charge in [-0.1, -0.05) is 11.6 Å². The number of halogens is 3. The van der Waals surface area contributed by atoms with Gasteiger partial charge in [-0.3, -0.25) is 4.79 Å². The molecule has 0 unspecified atom stereocenters. The second kappa shape index (κ2) is 5.32. The van der Waals surface area contributed by atoms with Crippen molar-refractivity contribution in [2.75, 3.05) is 11.9 Å². The van der Waals surface area contributed by atoms with Crippen LogP contribution >= 0.6 is 11.6 Å². The molecular weight excluding hydrogens is 274 g/mol. The van der Waals surface area contributed by atoms with Crippen LogP contribution in [0.15, 0.2) is 36.5 Å². The molecule has 0 spiro atoms. The molecule has 2 rings (SSSR count). The van der Waals surface area contributed by atoms with Gasteiger partial charge in [0.05, 0.1) is 11.8 Å². The molecule has 0 fully saturated rings. The summed E-state index contributed by atoms with van der Waals surface area (Å²) in [5.74, 6) is -1.58. The van der Waals surface area contributed by atoms with E-state index in [9.17, 15) is 13.6 Å². The maximum absolute atomic E-state index is 13.1. The highest BCUT2D eigenvalue weighted by Crippen LogP contribution is 2.20. The van der Waals surface area contributed by atoms with Crippen molar-refractivity contribution in [3.05, 3.63) is 58.9 Å². The zero-order chi connectivity index (χ0) is 14.0. The third-order valence-electron chi connectivity index (χ3n) is 2.55. The van der Waals surface area contributed by atoms with Crippen LogP contribution in [-0.2, 0) is 0 Å². The molecule has 19 heavy (non-hydrogen) atoms. The first-order valence-corrected chi connectivity index (χ1v) is 5.71. The lowest BCUT2D eigenvalue weighted by Crippen LogP contribution is -2.26. The molecule has 0 bridgehead atoms. The summed E-state index contributed by atoms with van der Waals surface area (Å²) in [4.78, 5) is 17.0. The first-order valence-electron chi connectivity index (χ1n) is 5.33. The normalized spacial score (nSPS) is 10.3. The predicted molar refractivity (Wildman–Crippen MR) is 68.3 cm³/mol. The molecule has 0 radical (unpaired) electrons. The summed E-state index contributed by atoms with van der Waals surface area (Å²) in [7, 11) is 1.48. The molecule has 0 aliphatic rings. The smallest absolute Gasteiger partial charge is 0.261 e. The van der Waals surface area contributed by atoms with Crippen LogP contribution in [0.1, 0.15) is 10.4 Å². The van der Waals surface area contributed by atoms with Crippen LogP contribution in [0.4, 0.5) is 14.5 Å². The average Bonchev–Trinajstić information content (AvgIpc) is 2.41. The van der Waals surface area contributed by atoms with E-state index in [0.717, 1.165) is 12.3 Å². The fourth-order valence-electron chi connectivity index (χ4n) is 1.54. The van der Waals surface area contributed by atoms with Crippen molar-refractivity contribution in [1.82, 2.24) is 4.98 Å². The van der Waals surface area contributed by atoms with Gasteiger partial charge >= 0.3 is 0 Å². The summed E-state index contributed by atoms with van der Waals surface area (Å²) >= 11 is 5.76. The van der Waals surface area contributed by atoms with E-state index in [1.54, 1.807) is 0 Å². The van der Waals surface area contributed by atoms with E-state index in [0.29, 0.717) is 5.69 Å². The summed E-state index contributed by atoms with van der Waals surface area (Å²) in [5, 5.41) is -0.0830. The number of benzene rings is 1. The first kappa shape index (κ1) is 13.4. The molecule has 0 saturated heterocycles. The van der Waals surface area contributed by atoms with E-state index in [-0.39, 0.29) is 10.7 Å². The third-order valence-corrected chi connectivity index (χ3v) is 2.86. The van der Waals surface area contributed by atoms with Crippen LogP contribution in [0.2, 0.25) is 5.15 Å². The van der Waals surface area contributed by atoms with E-state index in [1.807, 2.05) is 0 Å². The number of rotatable bonds is 2. The van der Waals surface area contributed by atoms with Gasteiger partial charge in [-0.25, -0.2) is 13.8 Å². The summed E-state index contributed by atoms with van der Waals surface area (Å²) in [6.07, 6.45) is 0.928. The van der Waals surface area contributed by atoms with E-state index >= 15 is 0 Å². The molecule has 2 aromatic rings. The highest BCUT2D eigenvalue weighted by molar-refractivity contribution is 6.33. The molecule has 1 heterocycles. The average molecular weight is 283 g/mol. The molecule has 1 aromatic heterocycles. The number of aromatic nitrogens is 1. The molecule has 6 heteroatoms. The van der Waals surface area contributed by atoms with Crippen molar-refractivity contribution >= 4 is 23.2 Å². The van der Waals surface area contributed by atoms with Crippen LogP contribution in [0.3, 0.4) is 0 Å². The topological polar surface area (TPSA) is 33.2 Å². The van der Waals surface area contributed by atoms with Crippen LogP contribution in [0.25, 0.3) is 0 Å². The van der Waals surface area contributed by atoms with E-state index in [1.165, 1.54) is 36.2 Å². The molecule has 1 aromatic carbocycles. The number of carbonyl (C=O) groups is 1. The zero-order valence-corrected chi connectivity index (χ0v) is 10.7. The van der Waals surface area contributed by atoms with Crippen LogP contribution < -0.4 is 4.90 Å². The van der Waals surface area contributed by atoms with E-state index in [2.05, 4.69) is 4.98 Å². The SMILES string of the molecule is CN(C(=O)c1cc(F)cnc1Cl)c1ccc(F)cc1. The van der Waals surface area contributed by atoms with Gasteiger partial charge in [0, 0.05) is 12.7 Å². The summed E-state index contributed by atoms with van der Waals surface area (Å²) in [5.41, 5.74) is 0.417. The van der Waals surface area contributed by atoms with Crippen molar-refractivity contribution in [3.63, 3.8) is 0 Å². The molecule has 3 nitrogen and oxygen atoms in total. The van der Waals surface area contributed by atoms with Gasteiger partial charge in [-0.2, -0.15) is 0 Å². The van der Waals surface area contributed by atoms with Gasteiger partial charge in [-0.15, -0.1) is 0 Å². The number of amides is 1. The van der Waals surface area contributed by atoms with Crippen molar-refractivity contribution in [1.29, 1.82) is 0 Å². The Morgan fingerprint density at radius 3 is 2.47 bits per heavy atom. The standard InChI is InChI=1S/C13H9ClF2N2O/c1-18(10-4-2-8(15)3-5-10)13(19)11-6-9(16)7-17-12(11)14/h2-7H,1H3. The van der Waals surface area contributed by atoms with Gasteiger partial charge in [0.2, 0.25) is 0 Å². The Bertz CT molecular complexity index is 617. The molecule has 98 valence electrons. The molecule has 0 aliphatic heterocycles. The number of carbonyl (C=O) groups excluding carboxylic acids is 1. The summed E-state index contributed by atoms with van der Waals surface area (Å²) in [6.45, 7) is 0. The Hall–Kier alpha value is -2.01. The van der Waals surface area contributed by atoms with Gasteiger partial charge in [-0.05, 0) is 30.3 Å². The lowest BCUT2D eigenvalue weighted by Gasteiger charge is -2.17. The fraction of sp³-hybridized carbons (Fsp3) is 0.0769. The Morgan fingerprint density at radius 2 is 1.84 bits per heavy atom. The Morgan fingerprint density at radius 1 is 1.21 bits per heavy atom. The van der Waals surface area contributed by atoms with Crippen LogP contribution in [0, 0.1) is 11.6 Å². The second-order valence-electron chi connectivity index (χ2n) is 3.83. The maximum Gasteiger partial charge on any atom is 0.261 e. The lowest BCUT2D eigenvalue weighted by atomic mass is 10.2. The second-order valence-corrected chi connectivity index (χ2v) is 4.19. The molecule has 0 atom stereocenters. The maximum atomic E-state index is 13.1. The minimum absolute atomic E-state index is 0.0477. The molecule has 0 aliphatic carbocycles. The monoisotopic (exact) mass is 282 g/mol. The molecule has 0 N–H and O–H groups in total. The number of nitrogens with zero attached hydrogens (tertiary/aromatic N) is 2. The Balaban J connectivity index is 2.33. The van der Waals surface area contributed by atoms with Gasteiger partial charge in [0.25, 0.3) is 5.91 Å². The number of hydrogen-bond donors (Lipinski definition) is 0. The van der Waals surface area contributed by atoms with E-state index in [4.69, 9.17) is 11.6 Å². The predicted octanol–water partition coefficient (Wildman–Crippen LogP) is 3.29. The lowest BCUT2D eigenvalue weighted by molar-refractivity contribution is 0.0992. The summed E-state index contributed by atoms with van der Waals surface area (Å²) in [6, 6.07) is 6.34. The zero-order valence-electron chi connectivity index (χ0n) is 9.90. The summed E-state index contributed by atoms with van der Waals surface area (Å²) < 4.78 is 25.9. The van der Waals surface area contributed by atoms with Crippen molar-refractivity contribution < 1.29 is 13.6 Å². The van der Waals surface area contributed by atoms with Gasteiger partial charge in [0.15, 0.2) is 0 Å². The molecule has 0 saturated carbocycles. The van der Waals surface area contributed by atoms with Gasteiger partial charge < -0.3 is 4.90 Å². The van der Waals surface area contributed by atoms with Crippen molar-refractivity contribution in [2.24, 2.45) is 0 Å². The Kier molecular flexibility index (Phi) is 3.76. The number of pyridine rings is 1. The van der Waals surface area contributed by atoms with Crippen LogP contribution in [0.5, 0.6) is 0 Å². The van der Waals surface area contributed by atoms with Crippen molar-refractivity contribution in [3.8, 4) is 0 Å². The highest BCUT2D eigenvalue weighted by Gasteiger charge is 2.18. The first-order chi connectivity index (χ1) is 8.99. The third kappa shape index (κ3) is 2.88. The number of anilines is 1. The quantitative estimate of drug-likeness (QED) is 0.792. The number of hydrogen-bond acceptors (Lipinski definition) is 2. The van der Waals surface area contributed by atoms with E-state index < -0.39 is 17.5 Å². The largest absolute Gasteiger partial charge is 0.311 e. The Labute approximate surface area is 113 Å². The van der Waals surface area contributed by atoms with Crippen molar-refractivity contribution in [2.45, 2.75) is 0 Å². The molecular formula is C13H9ClF2N2O. The molecule has 1 amide bonds. The highest BCUT2D eigenvalue weighted by atomic mass is 35.5.